The maximum Gasteiger partial charge on any atom is 0.239 e. The lowest BCUT2D eigenvalue weighted by Gasteiger charge is -2.34. The Labute approximate surface area is 92.4 Å². The zero-order valence-electron chi connectivity index (χ0n) is 9.91. The first-order chi connectivity index (χ1) is 7.18. The van der Waals surface area contributed by atoms with Crippen LogP contribution in [0.25, 0.3) is 0 Å². The maximum absolute atomic E-state index is 12.2. The average molecular weight is 210 g/mol. The fourth-order valence-electron chi connectivity index (χ4n) is 2.82. The second kappa shape index (κ2) is 4.52. The van der Waals surface area contributed by atoms with Crippen LogP contribution in [0.2, 0.25) is 0 Å². The SMILES string of the molecule is CC1CCCN(C(=O)C2CCCN2C)C1. The first-order valence-corrected chi connectivity index (χ1v) is 6.17. The molecule has 1 amide bonds. The number of rotatable bonds is 1. The van der Waals surface area contributed by atoms with Gasteiger partial charge in [0.1, 0.15) is 0 Å². The van der Waals surface area contributed by atoms with Gasteiger partial charge in [-0.25, -0.2) is 0 Å². The summed E-state index contributed by atoms with van der Waals surface area (Å²) in [6, 6.07) is 0.176. The van der Waals surface area contributed by atoms with Gasteiger partial charge in [0.25, 0.3) is 0 Å². The first kappa shape index (κ1) is 10.9. The number of hydrogen-bond acceptors (Lipinski definition) is 2. The van der Waals surface area contributed by atoms with Crippen molar-refractivity contribution < 1.29 is 4.79 Å². The van der Waals surface area contributed by atoms with Crippen LogP contribution in [0.3, 0.4) is 0 Å². The van der Waals surface area contributed by atoms with Gasteiger partial charge in [0.15, 0.2) is 0 Å². The smallest absolute Gasteiger partial charge is 0.239 e. The molecule has 2 aliphatic heterocycles. The van der Waals surface area contributed by atoms with Gasteiger partial charge < -0.3 is 4.90 Å². The molecule has 0 aliphatic carbocycles. The minimum absolute atomic E-state index is 0.176. The van der Waals surface area contributed by atoms with Crippen LogP contribution >= 0.6 is 0 Å². The summed E-state index contributed by atoms with van der Waals surface area (Å²) in [5, 5.41) is 0. The van der Waals surface area contributed by atoms with Gasteiger partial charge in [-0.1, -0.05) is 6.92 Å². The predicted octanol–water partition coefficient (Wildman–Crippen LogP) is 1.34. The molecule has 0 radical (unpaired) electrons. The molecule has 0 aromatic carbocycles. The highest BCUT2D eigenvalue weighted by molar-refractivity contribution is 5.82. The lowest BCUT2D eigenvalue weighted by molar-refractivity contribution is -0.137. The highest BCUT2D eigenvalue weighted by atomic mass is 16.2. The summed E-state index contributed by atoms with van der Waals surface area (Å²) in [6.45, 7) is 5.29. The van der Waals surface area contributed by atoms with E-state index >= 15 is 0 Å². The minimum atomic E-state index is 0.176. The number of carbonyl (C=O) groups excluding carboxylic acids is 1. The number of hydrogen-bond donors (Lipinski definition) is 0. The Morgan fingerprint density at radius 1 is 1.20 bits per heavy atom. The van der Waals surface area contributed by atoms with Crippen LogP contribution < -0.4 is 0 Å². The van der Waals surface area contributed by atoms with Gasteiger partial charge >= 0.3 is 0 Å². The third-order valence-corrected chi connectivity index (χ3v) is 3.77. The minimum Gasteiger partial charge on any atom is -0.341 e. The summed E-state index contributed by atoms with van der Waals surface area (Å²) in [4.78, 5) is 16.5. The molecule has 0 saturated carbocycles. The molecule has 3 heteroatoms. The summed E-state index contributed by atoms with van der Waals surface area (Å²) >= 11 is 0. The topological polar surface area (TPSA) is 23.6 Å². The van der Waals surface area contributed by atoms with Crippen molar-refractivity contribution in [2.45, 2.75) is 38.6 Å². The standard InChI is InChI=1S/C12H22N2O/c1-10-5-3-8-14(9-10)12(15)11-6-4-7-13(11)2/h10-11H,3-9H2,1-2H3. The molecule has 2 aliphatic rings. The van der Waals surface area contributed by atoms with Crippen LogP contribution in [0.1, 0.15) is 32.6 Å². The van der Waals surface area contributed by atoms with E-state index in [4.69, 9.17) is 0 Å². The van der Waals surface area contributed by atoms with E-state index in [-0.39, 0.29) is 6.04 Å². The van der Waals surface area contributed by atoms with Crippen molar-refractivity contribution in [2.75, 3.05) is 26.7 Å². The Morgan fingerprint density at radius 3 is 2.53 bits per heavy atom. The molecule has 0 bridgehead atoms. The van der Waals surface area contributed by atoms with E-state index in [2.05, 4.69) is 23.8 Å². The van der Waals surface area contributed by atoms with Crippen molar-refractivity contribution in [3.63, 3.8) is 0 Å². The normalized spacial score (nSPS) is 33.3. The highest BCUT2D eigenvalue weighted by Gasteiger charge is 2.32. The second-order valence-electron chi connectivity index (χ2n) is 5.17. The summed E-state index contributed by atoms with van der Waals surface area (Å²) in [5.74, 6) is 1.07. The van der Waals surface area contributed by atoms with Crippen LogP contribution in [-0.2, 0) is 4.79 Å². The maximum atomic E-state index is 12.2. The zero-order valence-corrected chi connectivity index (χ0v) is 9.91. The molecule has 0 N–H and O–H groups in total. The fourth-order valence-corrected chi connectivity index (χ4v) is 2.82. The molecule has 2 atom stereocenters. The third-order valence-electron chi connectivity index (χ3n) is 3.77. The van der Waals surface area contributed by atoms with Crippen LogP contribution in [-0.4, -0.2) is 48.4 Å². The zero-order chi connectivity index (χ0) is 10.8. The number of carbonyl (C=O) groups is 1. The fraction of sp³-hybridized carbons (Fsp3) is 0.917. The number of piperidine rings is 1. The van der Waals surface area contributed by atoms with Gasteiger partial charge in [0.05, 0.1) is 6.04 Å². The number of nitrogens with zero attached hydrogens (tertiary/aromatic N) is 2. The van der Waals surface area contributed by atoms with Crippen molar-refractivity contribution in [3.8, 4) is 0 Å². The van der Waals surface area contributed by atoms with Gasteiger partial charge in [-0.2, -0.15) is 0 Å². The number of likely N-dealkylation sites (tertiary alicyclic amines) is 2. The van der Waals surface area contributed by atoms with Crippen LogP contribution in [0.4, 0.5) is 0 Å². The average Bonchev–Trinajstić information content (AvgIpc) is 2.63. The van der Waals surface area contributed by atoms with Crippen molar-refractivity contribution in [1.82, 2.24) is 9.80 Å². The van der Waals surface area contributed by atoms with Crippen LogP contribution in [0.15, 0.2) is 0 Å². The lowest BCUT2D eigenvalue weighted by atomic mass is 9.99. The largest absolute Gasteiger partial charge is 0.341 e. The quantitative estimate of drug-likeness (QED) is 0.652. The molecule has 2 rings (SSSR count). The van der Waals surface area contributed by atoms with E-state index in [1.165, 1.54) is 19.3 Å². The number of amides is 1. The van der Waals surface area contributed by atoms with E-state index in [9.17, 15) is 4.79 Å². The van der Waals surface area contributed by atoms with E-state index in [0.717, 1.165) is 26.1 Å². The molecule has 0 spiro atoms. The molecule has 2 fully saturated rings. The molecule has 0 aromatic heterocycles. The van der Waals surface area contributed by atoms with E-state index in [0.29, 0.717) is 11.8 Å². The molecular formula is C12H22N2O. The van der Waals surface area contributed by atoms with Crippen LogP contribution in [0.5, 0.6) is 0 Å². The van der Waals surface area contributed by atoms with Gasteiger partial charge in [-0.05, 0) is 45.2 Å². The second-order valence-corrected chi connectivity index (χ2v) is 5.17. The molecule has 2 unspecified atom stereocenters. The number of likely N-dealkylation sites (N-methyl/N-ethyl adjacent to an activating group) is 1. The summed E-state index contributed by atoms with van der Waals surface area (Å²) in [6.07, 6.45) is 4.70. The summed E-state index contributed by atoms with van der Waals surface area (Å²) in [5.41, 5.74) is 0. The van der Waals surface area contributed by atoms with Gasteiger partial charge in [-0.15, -0.1) is 0 Å². The van der Waals surface area contributed by atoms with Crippen molar-refractivity contribution in [1.29, 1.82) is 0 Å². The Kier molecular flexibility index (Phi) is 3.29. The molecular weight excluding hydrogens is 188 g/mol. The highest BCUT2D eigenvalue weighted by Crippen LogP contribution is 2.21. The van der Waals surface area contributed by atoms with E-state index in [1.807, 2.05) is 0 Å². The molecule has 15 heavy (non-hydrogen) atoms. The monoisotopic (exact) mass is 210 g/mol. The van der Waals surface area contributed by atoms with E-state index in [1.54, 1.807) is 0 Å². The molecule has 2 saturated heterocycles. The first-order valence-electron chi connectivity index (χ1n) is 6.17. The van der Waals surface area contributed by atoms with Crippen molar-refractivity contribution in [3.05, 3.63) is 0 Å². The molecule has 86 valence electrons. The molecule has 2 heterocycles. The Morgan fingerprint density at radius 2 is 1.93 bits per heavy atom. The van der Waals surface area contributed by atoms with Gasteiger partial charge in [-0.3, -0.25) is 9.69 Å². The van der Waals surface area contributed by atoms with Crippen LogP contribution in [0, 0.1) is 5.92 Å². The third kappa shape index (κ3) is 2.33. The lowest BCUT2D eigenvalue weighted by Crippen LogP contribution is -2.47. The Balaban J connectivity index is 1.94. The van der Waals surface area contributed by atoms with Crippen molar-refractivity contribution >= 4 is 5.91 Å². The molecule has 3 nitrogen and oxygen atoms in total. The Bertz CT molecular complexity index is 242. The predicted molar refractivity (Wildman–Crippen MR) is 60.6 cm³/mol. The van der Waals surface area contributed by atoms with E-state index < -0.39 is 0 Å². The van der Waals surface area contributed by atoms with Crippen molar-refractivity contribution in [2.24, 2.45) is 5.92 Å². The Hall–Kier alpha value is -0.570. The molecule has 0 aromatic rings. The van der Waals surface area contributed by atoms with Gasteiger partial charge in [0, 0.05) is 13.1 Å². The summed E-state index contributed by atoms with van der Waals surface area (Å²) in [7, 11) is 2.07. The summed E-state index contributed by atoms with van der Waals surface area (Å²) < 4.78 is 0. The van der Waals surface area contributed by atoms with Gasteiger partial charge in [0.2, 0.25) is 5.91 Å².